The molecule has 2 nitrogen and oxygen atoms in total. The molecule has 1 aliphatic carbocycles. The van der Waals surface area contributed by atoms with Crippen molar-refractivity contribution in [3.63, 3.8) is 0 Å². The molecule has 1 heterocycles. The van der Waals surface area contributed by atoms with Gasteiger partial charge in [0.15, 0.2) is 0 Å². The summed E-state index contributed by atoms with van der Waals surface area (Å²) in [5, 5.41) is 0. The molecule has 1 aromatic carbocycles. The highest BCUT2D eigenvalue weighted by molar-refractivity contribution is 5.83. The summed E-state index contributed by atoms with van der Waals surface area (Å²) >= 11 is 0. The number of hydrogen-bond donors (Lipinski definition) is 0. The lowest BCUT2D eigenvalue weighted by Crippen LogP contribution is -2.31. The minimum Gasteiger partial charge on any atom is -0.299 e. The summed E-state index contributed by atoms with van der Waals surface area (Å²) in [7, 11) is 0. The molecule has 2 heteroatoms. The number of hydrogen-bond acceptors (Lipinski definition) is 2. The molecule has 18 heavy (non-hydrogen) atoms. The molecule has 3 rings (SSSR count). The first-order valence-electron chi connectivity index (χ1n) is 7.15. The lowest BCUT2D eigenvalue weighted by Gasteiger charge is -2.23. The fraction of sp³-hybridized carbons (Fsp3) is 0.562. The number of aryl methyl sites for hydroxylation is 1. The maximum Gasteiger partial charge on any atom is 0.137 e. The van der Waals surface area contributed by atoms with Gasteiger partial charge in [-0.2, -0.15) is 0 Å². The van der Waals surface area contributed by atoms with Crippen LogP contribution in [0, 0.1) is 5.92 Å². The molecular formula is C16H21NO. The Labute approximate surface area is 109 Å². The van der Waals surface area contributed by atoms with Gasteiger partial charge in [0.25, 0.3) is 0 Å². The summed E-state index contributed by atoms with van der Waals surface area (Å²) in [5.74, 6) is 0.808. The van der Waals surface area contributed by atoms with Crippen molar-refractivity contribution in [2.75, 3.05) is 13.1 Å². The third-order valence-electron chi connectivity index (χ3n) is 4.34. The summed E-state index contributed by atoms with van der Waals surface area (Å²) in [5.41, 5.74) is 2.96. The summed E-state index contributed by atoms with van der Waals surface area (Å²) in [6, 6.07) is 8.75. The molecule has 1 aliphatic heterocycles. The van der Waals surface area contributed by atoms with Crippen LogP contribution in [0.3, 0.4) is 0 Å². The Hall–Kier alpha value is -1.15. The zero-order valence-electron chi connectivity index (χ0n) is 10.9. The van der Waals surface area contributed by atoms with Crippen LogP contribution in [0.25, 0.3) is 0 Å². The summed E-state index contributed by atoms with van der Waals surface area (Å²) in [6.45, 7) is 3.14. The Kier molecular flexibility index (Phi) is 3.46. The molecule has 0 N–H and O–H groups in total. The summed E-state index contributed by atoms with van der Waals surface area (Å²) < 4.78 is 0. The zero-order chi connectivity index (χ0) is 12.4. The number of nitrogens with zero attached hydrogens (tertiary/aromatic N) is 1. The second kappa shape index (κ2) is 5.23. The average Bonchev–Trinajstić information content (AvgIpc) is 2.66. The number of carbonyl (C=O) groups is 1. The average molecular weight is 243 g/mol. The molecule has 0 spiro atoms. The van der Waals surface area contributed by atoms with E-state index in [2.05, 4.69) is 29.2 Å². The standard InChI is InChI=1S/C16H21NO/c18-16-9-3-7-15(16)12-17-10-4-8-13-5-1-2-6-14(13)11-17/h1-2,5-6,15H,3-4,7-12H2. The smallest absolute Gasteiger partial charge is 0.137 e. The van der Waals surface area contributed by atoms with Crippen molar-refractivity contribution in [3.05, 3.63) is 35.4 Å². The molecule has 1 saturated carbocycles. The maximum atomic E-state index is 11.8. The second-order valence-corrected chi connectivity index (χ2v) is 5.66. The first-order chi connectivity index (χ1) is 8.83. The number of ketones is 1. The van der Waals surface area contributed by atoms with E-state index < -0.39 is 0 Å². The Morgan fingerprint density at radius 3 is 2.72 bits per heavy atom. The van der Waals surface area contributed by atoms with Crippen molar-refractivity contribution in [2.45, 2.75) is 38.6 Å². The van der Waals surface area contributed by atoms with Gasteiger partial charge in [-0.15, -0.1) is 0 Å². The van der Waals surface area contributed by atoms with Crippen LogP contribution in [0.4, 0.5) is 0 Å². The lowest BCUT2D eigenvalue weighted by atomic mass is 10.0. The van der Waals surface area contributed by atoms with Crippen LogP contribution in [-0.4, -0.2) is 23.8 Å². The SMILES string of the molecule is O=C1CCCC1CN1CCCc2ccccc2C1. The number of rotatable bonds is 2. The highest BCUT2D eigenvalue weighted by Crippen LogP contribution is 2.25. The van der Waals surface area contributed by atoms with E-state index in [4.69, 9.17) is 0 Å². The number of Topliss-reactive ketones (excluding diaryl/α,β-unsaturated/α-hetero) is 1. The Balaban J connectivity index is 1.69. The minimum atomic E-state index is 0.315. The van der Waals surface area contributed by atoms with Gasteiger partial charge in [-0.05, 0) is 43.4 Å². The van der Waals surface area contributed by atoms with Crippen molar-refractivity contribution in [1.29, 1.82) is 0 Å². The van der Waals surface area contributed by atoms with Crippen LogP contribution in [0.5, 0.6) is 0 Å². The summed E-state index contributed by atoms with van der Waals surface area (Å²) in [4.78, 5) is 14.2. The molecule has 1 fully saturated rings. The largest absolute Gasteiger partial charge is 0.299 e. The van der Waals surface area contributed by atoms with Gasteiger partial charge in [0.05, 0.1) is 0 Å². The Morgan fingerprint density at radius 1 is 1.11 bits per heavy atom. The maximum absolute atomic E-state index is 11.8. The van der Waals surface area contributed by atoms with Crippen molar-refractivity contribution < 1.29 is 4.79 Å². The summed E-state index contributed by atoms with van der Waals surface area (Å²) in [6.07, 6.45) is 5.43. The predicted octanol–water partition coefficient (Wildman–Crippen LogP) is 2.80. The topological polar surface area (TPSA) is 20.3 Å². The van der Waals surface area contributed by atoms with Gasteiger partial charge < -0.3 is 0 Å². The van der Waals surface area contributed by atoms with Gasteiger partial charge in [0, 0.05) is 25.4 Å². The highest BCUT2D eigenvalue weighted by atomic mass is 16.1. The molecule has 0 bridgehead atoms. The lowest BCUT2D eigenvalue weighted by molar-refractivity contribution is -0.121. The third kappa shape index (κ3) is 2.49. The second-order valence-electron chi connectivity index (χ2n) is 5.66. The number of fused-ring (bicyclic) bond motifs is 1. The van der Waals surface area contributed by atoms with Crippen LogP contribution in [0.15, 0.2) is 24.3 Å². The van der Waals surface area contributed by atoms with Gasteiger partial charge in [-0.1, -0.05) is 24.3 Å². The predicted molar refractivity (Wildman–Crippen MR) is 72.4 cm³/mol. The third-order valence-corrected chi connectivity index (χ3v) is 4.34. The molecule has 1 atom stereocenters. The monoisotopic (exact) mass is 243 g/mol. The molecule has 0 radical (unpaired) electrons. The Morgan fingerprint density at radius 2 is 1.94 bits per heavy atom. The van der Waals surface area contributed by atoms with E-state index in [-0.39, 0.29) is 0 Å². The van der Waals surface area contributed by atoms with Crippen LogP contribution < -0.4 is 0 Å². The molecule has 2 aliphatic rings. The van der Waals surface area contributed by atoms with Gasteiger partial charge in [0.2, 0.25) is 0 Å². The molecule has 96 valence electrons. The molecule has 0 saturated heterocycles. The number of carbonyl (C=O) groups excluding carboxylic acids is 1. The van der Waals surface area contributed by atoms with Crippen LogP contribution in [0.2, 0.25) is 0 Å². The van der Waals surface area contributed by atoms with E-state index in [9.17, 15) is 4.79 Å². The molecule has 0 aromatic heterocycles. The van der Waals surface area contributed by atoms with Crippen molar-refractivity contribution >= 4 is 5.78 Å². The van der Waals surface area contributed by atoms with Gasteiger partial charge >= 0.3 is 0 Å². The van der Waals surface area contributed by atoms with E-state index in [0.29, 0.717) is 11.7 Å². The highest BCUT2D eigenvalue weighted by Gasteiger charge is 2.27. The van der Waals surface area contributed by atoms with Crippen LogP contribution in [0.1, 0.15) is 36.8 Å². The zero-order valence-corrected chi connectivity index (χ0v) is 10.9. The molecular weight excluding hydrogens is 222 g/mol. The fourth-order valence-electron chi connectivity index (χ4n) is 3.32. The van der Waals surface area contributed by atoms with E-state index in [1.165, 1.54) is 24.0 Å². The van der Waals surface area contributed by atoms with Crippen molar-refractivity contribution in [1.82, 2.24) is 4.90 Å². The quantitative estimate of drug-likeness (QED) is 0.796. The molecule has 1 aromatic rings. The van der Waals surface area contributed by atoms with E-state index in [1.807, 2.05) is 0 Å². The van der Waals surface area contributed by atoms with E-state index >= 15 is 0 Å². The van der Waals surface area contributed by atoms with Crippen LogP contribution in [-0.2, 0) is 17.8 Å². The first kappa shape index (κ1) is 11.9. The minimum absolute atomic E-state index is 0.315. The van der Waals surface area contributed by atoms with Crippen LogP contribution >= 0.6 is 0 Å². The fourth-order valence-corrected chi connectivity index (χ4v) is 3.32. The van der Waals surface area contributed by atoms with Crippen molar-refractivity contribution in [3.8, 4) is 0 Å². The van der Waals surface area contributed by atoms with E-state index in [0.717, 1.165) is 38.9 Å². The van der Waals surface area contributed by atoms with Crippen molar-refractivity contribution in [2.24, 2.45) is 5.92 Å². The van der Waals surface area contributed by atoms with E-state index in [1.54, 1.807) is 0 Å². The normalized spacial score (nSPS) is 24.9. The Bertz CT molecular complexity index is 440. The molecule has 0 amide bonds. The van der Waals surface area contributed by atoms with Gasteiger partial charge in [-0.3, -0.25) is 9.69 Å². The first-order valence-corrected chi connectivity index (χ1v) is 7.15. The van der Waals surface area contributed by atoms with Gasteiger partial charge in [0.1, 0.15) is 5.78 Å². The van der Waals surface area contributed by atoms with Gasteiger partial charge in [-0.25, -0.2) is 0 Å². The molecule has 1 unspecified atom stereocenters. The number of benzene rings is 1.